The Bertz CT molecular complexity index is 872. The molecule has 3 rings (SSSR count). The minimum Gasteiger partial charge on any atom is -0.497 e. The number of hydrogen-bond acceptors (Lipinski definition) is 6. The van der Waals surface area contributed by atoms with E-state index < -0.39 is 0 Å². The van der Waals surface area contributed by atoms with E-state index in [0.29, 0.717) is 23.8 Å². The van der Waals surface area contributed by atoms with Gasteiger partial charge in [-0.05, 0) is 48.7 Å². The van der Waals surface area contributed by atoms with Crippen molar-refractivity contribution in [3.63, 3.8) is 0 Å². The quantitative estimate of drug-likeness (QED) is 0.656. The van der Waals surface area contributed by atoms with E-state index in [2.05, 4.69) is 0 Å². The summed E-state index contributed by atoms with van der Waals surface area (Å²) in [6.07, 6.45) is 2.05. The second-order valence-corrected chi connectivity index (χ2v) is 7.06. The highest BCUT2D eigenvalue weighted by Gasteiger charge is 2.32. The third-order valence-electron chi connectivity index (χ3n) is 5.45. The summed E-state index contributed by atoms with van der Waals surface area (Å²) in [5, 5.41) is 0. The third kappa shape index (κ3) is 4.25. The van der Waals surface area contributed by atoms with E-state index in [1.165, 1.54) is 0 Å². The second kappa shape index (κ2) is 9.61. The summed E-state index contributed by atoms with van der Waals surface area (Å²) in [6, 6.07) is 9.28. The molecule has 1 fully saturated rings. The van der Waals surface area contributed by atoms with Gasteiger partial charge in [0.2, 0.25) is 11.7 Å². The molecule has 162 valence electrons. The molecule has 0 aromatic heterocycles. The Morgan fingerprint density at radius 2 is 1.57 bits per heavy atom. The van der Waals surface area contributed by atoms with E-state index in [-0.39, 0.29) is 18.4 Å². The average molecular weight is 415 g/mol. The van der Waals surface area contributed by atoms with Crippen molar-refractivity contribution in [3.8, 4) is 28.7 Å². The molecule has 0 bridgehead atoms. The number of ether oxygens (including phenoxy) is 5. The second-order valence-electron chi connectivity index (χ2n) is 7.06. The van der Waals surface area contributed by atoms with E-state index in [9.17, 15) is 4.79 Å². The first-order valence-electron chi connectivity index (χ1n) is 9.86. The zero-order valence-corrected chi connectivity index (χ0v) is 18.2. The molecule has 0 radical (unpaired) electrons. The maximum atomic E-state index is 13.2. The van der Waals surface area contributed by atoms with E-state index in [0.717, 1.165) is 35.5 Å². The van der Waals surface area contributed by atoms with Crippen LogP contribution >= 0.6 is 0 Å². The van der Waals surface area contributed by atoms with Gasteiger partial charge < -0.3 is 28.6 Å². The first-order chi connectivity index (χ1) is 14.6. The summed E-state index contributed by atoms with van der Waals surface area (Å²) in [5.74, 6) is 3.12. The lowest BCUT2D eigenvalue weighted by molar-refractivity contribution is -0.131. The molecule has 1 aliphatic heterocycles. The Labute approximate surface area is 177 Å². The van der Waals surface area contributed by atoms with Crippen molar-refractivity contribution in [2.45, 2.75) is 25.3 Å². The lowest BCUT2D eigenvalue weighted by Gasteiger charge is -2.27. The molecule has 0 aliphatic carbocycles. The molecule has 7 heteroatoms. The molecule has 1 aliphatic rings. The highest BCUT2D eigenvalue weighted by molar-refractivity contribution is 5.80. The standard InChI is InChI=1S/C23H29NO6/c1-26-16-8-9-19(27-2)17(14-16)18-7-6-10-24(18)22(25)13-15-11-20(28-3)23(30-5)21(12-15)29-4/h8-9,11-12,14,18H,6-7,10,13H2,1-5H3/t18-/m0/s1. The molecule has 0 saturated carbocycles. The van der Waals surface area contributed by atoms with Gasteiger partial charge in [0.25, 0.3) is 0 Å². The first-order valence-corrected chi connectivity index (χ1v) is 9.86. The fraction of sp³-hybridized carbons (Fsp3) is 0.435. The third-order valence-corrected chi connectivity index (χ3v) is 5.45. The number of carbonyl (C=O) groups excluding carboxylic acids is 1. The van der Waals surface area contributed by atoms with Gasteiger partial charge in [0.15, 0.2) is 11.5 Å². The molecule has 1 amide bonds. The Balaban J connectivity index is 1.87. The molecule has 2 aromatic rings. The molecule has 0 unspecified atom stereocenters. The van der Waals surface area contributed by atoms with Gasteiger partial charge in [-0.3, -0.25) is 4.79 Å². The Morgan fingerprint density at radius 1 is 0.900 bits per heavy atom. The molecule has 0 N–H and O–H groups in total. The molecule has 7 nitrogen and oxygen atoms in total. The maximum Gasteiger partial charge on any atom is 0.227 e. The summed E-state index contributed by atoms with van der Waals surface area (Å²) in [7, 11) is 7.96. The van der Waals surface area contributed by atoms with Crippen LogP contribution in [0.15, 0.2) is 30.3 Å². The van der Waals surface area contributed by atoms with Crippen LogP contribution in [0.25, 0.3) is 0 Å². The van der Waals surface area contributed by atoms with Gasteiger partial charge in [0, 0.05) is 12.1 Å². The topological polar surface area (TPSA) is 66.5 Å². The largest absolute Gasteiger partial charge is 0.497 e. The van der Waals surface area contributed by atoms with Crippen LogP contribution in [0.5, 0.6) is 28.7 Å². The fourth-order valence-electron chi connectivity index (χ4n) is 4.00. The van der Waals surface area contributed by atoms with Crippen molar-refractivity contribution in [3.05, 3.63) is 41.5 Å². The number of carbonyl (C=O) groups is 1. The van der Waals surface area contributed by atoms with Crippen LogP contribution in [0.1, 0.15) is 30.0 Å². The summed E-state index contributed by atoms with van der Waals surface area (Å²) < 4.78 is 27.1. The van der Waals surface area contributed by atoms with Crippen LogP contribution in [-0.4, -0.2) is 52.9 Å². The van der Waals surface area contributed by atoms with E-state index in [1.54, 1.807) is 35.5 Å². The van der Waals surface area contributed by atoms with Gasteiger partial charge in [-0.15, -0.1) is 0 Å². The van der Waals surface area contributed by atoms with Crippen molar-refractivity contribution < 1.29 is 28.5 Å². The summed E-state index contributed by atoms with van der Waals surface area (Å²) in [5.41, 5.74) is 1.77. The fourth-order valence-corrected chi connectivity index (χ4v) is 4.00. The van der Waals surface area contributed by atoms with Gasteiger partial charge >= 0.3 is 0 Å². The number of likely N-dealkylation sites (tertiary alicyclic amines) is 1. The van der Waals surface area contributed by atoms with Gasteiger partial charge in [0.1, 0.15) is 11.5 Å². The number of rotatable bonds is 8. The molecule has 2 aromatic carbocycles. The Hall–Kier alpha value is -3.09. The number of nitrogens with zero attached hydrogens (tertiary/aromatic N) is 1. The number of amides is 1. The van der Waals surface area contributed by atoms with E-state index in [4.69, 9.17) is 23.7 Å². The summed E-state index contributed by atoms with van der Waals surface area (Å²) in [4.78, 5) is 15.2. The maximum absolute atomic E-state index is 13.2. The van der Waals surface area contributed by atoms with Gasteiger partial charge in [-0.25, -0.2) is 0 Å². The average Bonchev–Trinajstić information content (AvgIpc) is 3.27. The highest BCUT2D eigenvalue weighted by Crippen LogP contribution is 2.41. The zero-order chi connectivity index (χ0) is 21.7. The minimum absolute atomic E-state index is 0.0386. The van der Waals surface area contributed by atoms with Crippen LogP contribution in [0.4, 0.5) is 0 Å². The Morgan fingerprint density at radius 3 is 2.13 bits per heavy atom. The smallest absolute Gasteiger partial charge is 0.227 e. The number of methoxy groups -OCH3 is 5. The Kier molecular flexibility index (Phi) is 6.92. The molecule has 1 saturated heterocycles. The molecular weight excluding hydrogens is 386 g/mol. The predicted octanol–water partition coefficient (Wildman–Crippen LogP) is 3.64. The van der Waals surface area contributed by atoms with Crippen molar-refractivity contribution in [1.82, 2.24) is 4.90 Å². The van der Waals surface area contributed by atoms with Crippen molar-refractivity contribution in [2.75, 3.05) is 42.1 Å². The molecular formula is C23H29NO6. The van der Waals surface area contributed by atoms with Crippen molar-refractivity contribution in [1.29, 1.82) is 0 Å². The van der Waals surface area contributed by atoms with Gasteiger partial charge in [-0.1, -0.05) is 0 Å². The SMILES string of the molecule is COc1ccc(OC)c([C@@H]2CCCN2C(=O)Cc2cc(OC)c(OC)c(OC)c2)c1. The first kappa shape index (κ1) is 21.6. The number of hydrogen-bond donors (Lipinski definition) is 0. The van der Waals surface area contributed by atoms with Crippen molar-refractivity contribution >= 4 is 5.91 Å². The molecule has 30 heavy (non-hydrogen) atoms. The van der Waals surface area contributed by atoms with Gasteiger partial charge in [-0.2, -0.15) is 0 Å². The van der Waals surface area contributed by atoms with Crippen molar-refractivity contribution in [2.24, 2.45) is 0 Å². The predicted molar refractivity (Wildman–Crippen MR) is 113 cm³/mol. The van der Waals surface area contributed by atoms with Crippen LogP contribution in [0.2, 0.25) is 0 Å². The van der Waals surface area contributed by atoms with Crippen LogP contribution in [-0.2, 0) is 11.2 Å². The normalized spacial score (nSPS) is 15.6. The summed E-state index contributed by atoms with van der Waals surface area (Å²) in [6.45, 7) is 0.703. The molecule has 1 atom stereocenters. The van der Waals surface area contributed by atoms with Crippen LogP contribution in [0, 0.1) is 0 Å². The number of benzene rings is 2. The minimum atomic E-state index is -0.0513. The monoisotopic (exact) mass is 415 g/mol. The molecule has 0 spiro atoms. The van der Waals surface area contributed by atoms with Crippen LogP contribution in [0.3, 0.4) is 0 Å². The summed E-state index contributed by atoms with van der Waals surface area (Å²) >= 11 is 0. The lowest BCUT2D eigenvalue weighted by atomic mass is 10.0. The van der Waals surface area contributed by atoms with E-state index in [1.807, 2.05) is 35.2 Å². The lowest BCUT2D eigenvalue weighted by Crippen LogP contribution is -2.32. The highest BCUT2D eigenvalue weighted by atomic mass is 16.5. The van der Waals surface area contributed by atoms with Gasteiger partial charge in [0.05, 0.1) is 48.0 Å². The zero-order valence-electron chi connectivity index (χ0n) is 18.2. The van der Waals surface area contributed by atoms with E-state index >= 15 is 0 Å². The van der Waals surface area contributed by atoms with Crippen LogP contribution < -0.4 is 23.7 Å². The molecule has 1 heterocycles.